The molecule has 11 heteroatoms. The number of aryl methyl sites for hydroxylation is 2. The second-order valence-electron chi connectivity index (χ2n) is 6.65. The molecule has 4 rings (SSSR count). The molecule has 0 radical (unpaired) electrons. The van der Waals surface area contributed by atoms with E-state index in [-0.39, 0.29) is 24.2 Å². The van der Waals surface area contributed by atoms with Gasteiger partial charge < -0.3 is 20.9 Å². The minimum absolute atomic E-state index is 0.00300. The van der Waals surface area contributed by atoms with Crippen molar-refractivity contribution in [2.24, 2.45) is 0 Å². The summed E-state index contributed by atoms with van der Waals surface area (Å²) in [4.78, 5) is 25.2. The fraction of sp³-hybridized carbons (Fsp3) is 0.211. The number of carbonyl (C=O) groups excluding carboxylic acids is 1. The van der Waals surface area contributed by atoms with E-state index in [1.807, 2.05) is 13.8 Å². The third kappa shape index (κ3) is 3.90. The normalized spacial score (nSPS) is 11.0. The van der Waals surface area contributed by atoms with Crippen LogP contribution in [0.1, 0.15) is 12.6 Å². The van der Waals surface area contributed by atoms with Crippen LogP contribution >= 0.6 is 0 Å². The van der Waals surface area contributed by atoms with Crippen LogP contribution in [-0.2, 0) is 17.9 Å². The molecule has 1 amide bonds. The number of hydrogen-bond donors (Lipinski definition) is 3. The highest BCUT2D eigenvalue weighted by Crippen LogP contribution is 2.24. The van der Waals surface area contributed by atoms with E-state index < -0.39 is 0 Å². The molecule has 1 aromatic carbocycles. The molecule has 0 bridgehead atoms. The number of carbonyl (C=O) groups is 1. The zero-order valence-corrected chi connectivity index (χ0v) is 16.4. The highest BCUT2D eigenvalue weighted by atomic mass is 19.1. The Balaban J connectivity index is 1.59. The van der Waals surface area contributed by atoms with E-state index in [1.165, 1.54) is 18.5 Å². The lowest BCUT2D eigenvalue weighted by molar-refractivity contribution is -0.116. The summed E-state index contributed by atoms with van der Waals surface area (Å²) in [5.41, 5.74) is 7.94. The highest BCUT2D eigenvalue weighted by Gasteiger charge is 2.16. The quantitative estimate of drug-likeness (QED) is 0.446. The van der Waals surface area contributed by atoms with E-state index >= 15 is 0 Å². The van der Waals surface area contributed by atoms with Gasteiger partial charge in [0, 0.05) is 18.3 Å². The molecule has 0 aliphatic rings. The van der Waals surface area contributed by atoms with Crippen molar-refractivity contribution in [3.63, 3.8) is 0 Å². The number of hydrogen-bond acceptors (Lipinski definition) is 7. The Labute approximate surface area is 171 Å². The van der Waals surface area contributed by atoms with Gasteiger partial charge in [0.2, 0.25) is 11.9 Å². The maximum atomic E-state index is 13.5. The average Bonchev–Trinajstić information content (AvgIpc) is 3.24. The Morgan fingerprint density at radius 3 is 2.87 bits per heavy atom. The van der Waals surface area contributed by atoms with Crippen LogP contribution in [0.4, 0.5) is 27.7 Å². The third-order valence-corrected chi connectivity index (χ3v) is 4.35. The molecule has 0 spiro atoms. The summed E-state index contributed by atoms with van der Waals surface area (Å²) in [6.07, 6.45) is 1.48. The molecular formula is C19H20FN9O. The van der Waals surface area contributed by atoms with Crippen LogP contribution < -0.4 is 16.4 Å². The first-order valence-electron chi connectivity index (χ1n) is 9.28. The smallest absolute Gasteiger partial charge is 0.245 e. The van der Waals surface area contributed by atoms with Gasteiger partial charge in [-0.1, -0.05) is 6.07 Å². The van der Waals surface area contributed by atoms with Crippen LogP contribution in [-0.4, -0.2) is 35.2 Å². The molecule has 0 aliphatic heterocycles. The van der Waals surface area contributed by atoms with E-state index in [0.717, 1.165) is 5.69 Å². The number of benzene rings is 1. The second kappa shape index (κ2) is 7.78. The molecule has 0 saturated carbocycles. The van der Waals surface area contributed by atoms with E-state index in [4.69, 9.17) is 5.73 Å². The zero-order valence-electron chi connectivity index (χ0n) is 16.4. The van der Waals surface area contributed by atoms with Gasteiger partial charge in [-0.3, -0.25) is 4.79 Å². The minimum atomic E-state index is -0.387. The standard InChI is InChI=1S/C19H20FN9O/c1-3-29-14(7-11(2)27-29)24-15(30)9-28-10-22-16-17(25-19(21)26-18(16)28)23-13-6-4-5-12(20)8-13/h4-8,10H,3,9H2,1-2H3,(H,24,30)(H3,21,23,25,26). The molecule has 0 fully saturated rings. The summed E-state index contributed by atoms with van der Waals surface area (Å²) in [7, 11) is 0. The van der Waals surface area contributed by atoms with Crippen molar-refractivity contribution in [2.45, 2.75) is 26.9 Å². The lowest BCUT2D eigenvalue weighted by Gasteiger charge is -2.09. The van der Waals surface area contributed by atoms with E-state index in [0.29, 0.717) is 35.0 Å². The Morgan fingerprint density at radius 2 is 2.10 bits per heavy atom. The van der Waals surface area contributed by atoms with Crippen molar-refractivity contribution in [3.8, 4) is 0 Å². The fourth-order valence-corrected chi connectivity index (χ4v) is 3.09. The number of amides is 1. The fourth-order valence-electron chi connectivity index (χ4n) is 3.09. The van der Waals surface area contributed by atoms with Crippen LogP contribution in [0.5, 0.6) is 0 Å². The number of aromatic nitrogens is 6. The molecule has 3 heterocycles. The minimum Gasteiger partial charge on any atom is -0.368 e. The molecule has 0 saturated heterocycles. The lowest BCUT2D eigenvalue weighted by Crippen LogP contribution is -2.20. The van der Waals surface area contributed by atoms with Gasteiger partial charge in [-0.25, -0.2) is 14.1 Å². The summed E-state index contributed by atoms with van der Waals surface area (Å²) >= 11 is 0. The van der Waals surface area contributed by atoms with Crippen molar-refractivity contribution in [1.82, 2.24) is 29.3 Å². The largest absolute Gasteiger partial charge is 0.368 e. The van der Waals surface area contributed by atoms with Gasteiger partial charge in [0.1, 0.15) is 18.2 Å². The summed E-state index contributed by atoms with van der Waals surface area (Å²) in [6.45, 7) is 4.41. The number of imidazole rings is 1. The first kappa shape index (κ1) is 19.3. The molecule has 0 aliphatic carbocycles. The maximum Gasteiger partial charge on any atom is 0.245 e. The first-order valence-corrected chi connectivity index (χ1v) is 9.28. The van der Waals surface area contributed by atoms with Crippen LogP contribution in [0.25, 0.3) is 11.2 Å². The predicted molar refractivity (Wildman–Crippen MR) is 111 cm³/mol. The van der Waals surface area contributed by atoms with Crippen molar-refractivity contribution in [1.29, 1.82) is 0 Å². The number of nitrogens with zero attached hydrogens (tertiary/aromatic N) is 6. The van der Waals surface area contributed by atoms with Crippen molar-refractivity contribution >= 4 is 40.3 Å². The molecule has 3 aromatic heterocycles. The molecular weight excluding hydrogens is 389 g/mol. The van der Waals surface area contributed by atoms with Gasteiger partial charge in [0.15, 0.2) is 17.0 Å². The second-order valence-corrected chi connectivity index (χ2v) is 6.65. The van der Waals surface area contributed by atoms with Gasteiger partial charge in [-0.05, 0) is 32.0 Å². The summed E-state index contributed by atoms with van der Waals surface area (Å²) in [6, 6.07) is 7.73. The SMILES string of the molecule is CCn1nc(C)cc1NC(=O)Cn1cnc2c(Nc3cccc(F)c3)nc(N)nc21. The molecule has 4 N–H and O–H groups in total. The monoisotopic (exact) mass is 409 g/mol. The van der Waals surface area contributed by atoms with E-state index in [9.17, 15) is 9.18 Å². The maximum absolute atomic E-state index is 13.5. The number of anilines is 4. The predicted octanol–water partition coefficient (Wildman–Crippen LogP) is 2.45. The van der Waals surface area contributed by atoms with Crippen molar-refractivity contribution in [3.05, 3.63) is 48.2 Å². The zero-order chi connectivity index (χ0) is 21.3. The van der Waals surface area contributed by atoms with Gasteiger partial charge in [-0.15, -0.1) is 0 Å². The van der Waals surface area contributed by atoms with Gasteiger partial charge in [0.05, 0.1) is 12.0 Å². The lowest BCUT2D eigenvalue weighted by atomic mass is 10.3. The Bertz CT molecular complexity index is 1230. The number of rotatable bonds is 6. The first-order chi connectivity index (χ1) is 14.4. The highest BCUT2D eigenvalue weighted by molar-refractivity contribution is 5.92. The van der Waals surface area contributed by atoms with Crippen molar-refractivity contribution < 1.29 is 9.18 Å². The number of nitrogen functional groups attached to an aromatic ring is 1. The Hall–Kier alpha value is -4.02. The number of halogens is 1. The topological polar surface area (TPSA) is 129 Å². The van der Waals surface area contributed by atoms with Crippen LogP contribution in [0.2, 0.25) is 0 Å². The van der Waals surface area contributed by atoms with Gasteiger partial charge in [0.25, 0.3) is 0 Å². The molecule has 30 heavy (non-hydrogen) atoms. The number of nitrogens with two attached hydrogens (primary N) is 1. The third-order valence-electron chi connectivity index (χ3n) is 4.35. The molecule has 0 atom stereocenters. The summed E-state index contributed by atoms with van der Waals surface area (Å²) < 4.78 is 16.8. The van der Waals surface area contributed by atoms with E-state index in [1.54, 1.807) is 27.4 Å². The molecule has 10 nitrogen and oxygen atoms in total. The van der Waals surface area contributed by atoms with Crippen LogP contribution in [0.3, 0.4) is 0 Å². The van der Waals surface area contributed by atoms with Crippen LogP contribution in [0, 0.1) is 12.7 Å². The number of nitrogens with one attached hydrogen (secondary N) is 2. The van der Waals surface area contributed by atoms with Crippen molar-refractivity contribution in [2.75, 3.05) is 16.4 Å². The summed E-state index contributed by atoms with van der Waals surface area (Å²) in [5, 5.41) is 10.1. The van der Waals surface area contributed by atoms with E-state index in [2.05, 4.69) is 30.7 Å². The Kier molecular flexibility index (Phi) is 5.00. The molecule has 154 valence electrons. The average molecular weight is 409 g/mol. The Morgan fingerprint density at radius 1 is 1.27 bits per heavy atom. The summed E-state index contributed by atoms with van der Waals surface area (Å²) in [5.74, 6) is 0.292. The van der Waals surface area contributed by atoms with Gasteiger partial charge >= 0.3 is 0 Å². The van der Waals surface area contributed by atoms with Crippen LogP contribution in [0.15, 0.2) is 36.7 Å². The molecule has 0 unspecified atom stereocenters. The van der Waals surface area contributed by atoms with Gasteiger partial charge in [-0.2, -0.15) is 15.1 Å². The number of fused-ring (bicyclic) bond motifs is 1. The molecule has 4 aromatic rings.